The van der Waals surface area contributed by atoms with Crippen LogP contribution in [0.15, 0.2) is 0 Å². The van der Waals surface area contributed by atoms with Gasteiger partial charge in [-0.1, -0.05) is 0 Å². The molecule has 0 bridgehead atoms. The third-order valence-electron chi connectivity index (χ3n) is 0.167. The van der Waals surface area contributed by atoms with Crippen molar-refractivity contribution in [2.75, 3.05) is 13.1 Å². The van der Waals surface area contributed by atoms with Crippen molar-refractivity contribution in [1.82, 2.24) is 0 Å². The van der Waals surface area contributed by atoms with Gasteiger partial charge in [0.25, 0.3) is 17.9 Å². The molecule has 20 heavy (non-hydrogen) atoms. The van der Waals surface area contributed by atoms with Crippen LogP contribution in [-0.4, -0.2) is 165 Å². The summed E-state index contributed by atoms with van der Waals surface area (Å²) >= 11 is 0. The summed E-state index contributed by atoms with van der Waals surface area (Å²) in [5.74, 6) is -2.50. The van der Waals surface area contributed by atoms with Crippen LogP contribution in [0.2, 0.25) is 0 Å². The molecule has 8 nitrogen and oxygen atoms in total. The molecule has 0 amide bonds. The Morgan fingerprint density at radius 2 is 0.700 bits per heavy atom. The molecule has 0 saturated carbocycles. The Kier molecular flexibility index (Phi) is 123. The molecule has 12 heteroatoms. The maximum absolute atomic E-state index is 9.00. The molecule has 106 valence electrons. The number of hydrogen-bond donors (Lipinski definition) is 5. The van der Waals surface area contributed by atoms with Crippen molar-refractivity contribution in [2.45, 2.75) is 20.8 Å². The number of carboxylic acids is 3. The van der Waals surface area contributed by atoms with Crippen molar-refractivity contribution in [3.63, 3.8) is 0 Å². The summed E-state index contributed by atoms with van der Waals surface area (Å²) in [6, 6.07) is 0. The quantitative estimate of drug-likeness (QED) is 0.309. The Morgan fingerprint density at radius 3 is 0.700 bits per heavy atom. The Hall–Kier alpha value is 2.33. The third kappa shape index (κ3) is 685. The number of rotatable bonds is 1. The van der Waals surface area contributed by atoms with Gasteiger partial charge in [-0.2, -0.15) is 0 Å². The van der Waals surface area contributed by atoms with Crippen LogP contribution in [-0.2, 0) is 14.4 Å². The Balaban J connectivity index is -0.0000000150. The molecule has 7 N–H and O–H groups in total. The number of carboxylic acid groups (broad SMARTS) is 3. The number of aliphatic carboxylic acids is 3. The Morgan fingerprint density at radius 1 is 0.650 bits per heavy atom. The van der Waals surface area contributed by atoms with Crippen LogP contribution in [0.25, 0.3) is 0 Å². The first kappa shape index (κ1) is 49.5. The zero-order valence-corrected chi connectivity index (χ0v) is 9.64. The second-order valence-corrected chi connectivity index (χ2v) is 2.13. The number of nitrogens with two attached hydrogens (primary N) is 2. The monoisotopic (exact) mass is 336 g/mol. The summed E-state index contributed by atoms with van der Waals surface area (Å²) in [7, 11) is 0. The van der Waals surface area contributed by atoms with Gasteiger partial charge in [-0.25, -0.2) is 0 Å². The molecule has 0 aromatic heterocycles. The van der Waals surface area contributed by atoms with Crippen molar-refractivity contribution in [1.29, 1.82) is 0 Å². The summed E-state index contributed by atoms with van der Waals surface area (Å²) in [5.41, 5.74) is 9.81. The molecule has 0 aliphatic carbocycles. The van der Waals surface area contributed by atoms with E-state index in [1.54, 1.807) is 0 Å². The predicted molar refractivity (Wildman–Crippen MR) is 86.6 cm³/mol. The van der Waals surface area contributed by atoms with Gasteiger partial charge in [0.05, 0.1) is 0 Å². The van der Waals surface area contributed by atoms with Crippen LogP contribution in [0, 0.1) is 0 Å². The van der Waals surface area contributed by atoms with Crippen LogP contribution in [0.5, 0.6) is 0 Å². The molecule has 0 aliphatic rings. The first-order valence-corrected chi connectivity index (χ1v) is 4.10. The van der Waals surface area contributed by atoms with E-state index in [2.05, 4.69) is 0 Å². The van der Waals surface area contributed by atoms with Gasteiger partial charge in [-0.3, -0.25) is 14.4 Å². The second kappa shape index (κ2) is 49.6. The fraction of sp³-hybridized carbons (Fsp3) is 0.625. The summed E-state index contributed by atoms with van der Waals surface area (Å²) in [4.78, 5) is 27.0. The first-order valence-electron chi connectivity index (χ1n) is 4.10. The number of hydrogen-bond acceptors (Lipinski definition) is 5. The molecular formula is C8H24N2Na4O6. The van der Waals surface area contributed by atoms with E-state index in [-0.39, 0.29) is 118 Å². The minimum absolute atomic E-state index is 0. The van der Waals surface area contributed by atoms with Gasteiger partial charge in [0.15, 0.2) is 0 Å². The average molecular weight is 336 g/mol. The minimum atomic E-state index is -0.833. The predicted octanol–water partition coefficient (Wildman–Crippen LogP) is -3.42. The SMILES string of the molecule is CC(=O)O.CC(=O)O.CC(=O)O.NCCN.[NaH].[NaH].[NaH].[NaH]. The van der Waals surface area contributed by atoms with E-state index in [0.29, 0.717) is 13.1 Å². The zero-order chi connectivity index (χ0) is 14.1. The fourth-order valence-corrected chi connectivity index (χ4v) is 0. The summed E-state index contributed by atoms with van der Waals surface area (Å²) < 4.78 is 0. The molecule has 0 spiro atoms. The van der Waals surface area contributed by atoms with E-state index in [1.807, 2.05) is 0 Å². The maximum atomic E-state index is 9.00. The molecule has 0 radical (unpaired) electrons. The topological polar surface area (TPSA) is 164 Å². The molecule has 0 fully saturated rings. The van der Waals surface area contributed by atoms with Crippen LogP contribution in [0.3, 0.4) is 0 Å². The molecule has 0 heterocycles. The van der Waals surface area contributed by atoms with E-state index in [1.165, 1.54) is 0 Å². The van der Waals surface area contributed by atoms with Gasteiger partial charge in [0.1, 0.15) is 0 Å². The fourth-order valence-electron chi connectivity index (χ4n) is 0. The summed E-state index contributed by atoms with van der Waals surface area (Å²) in [5, 5.41) is 22.2. The van der Waals surface area contributed by atoms with E-state index >= 15 is 0 Å². The van der Waals surface area contributed by atoms with Crippen LogP contribution >= 0.6 is 0 Å². The molecule has 0 unspecified atom stereocenters. The van der Waals surface area contributed by atoms with Crippen LogP contribution in [0.4, 0.5) is 0 Å². The van der Waals surface area contributed by atoms with Crippen molar-refractivity contribution in [2.24, 2.45) is 11.5 Å². The van der Waals surface area contributed by atoms with Crippen molar-refractivity contribution < 1.29 is 29.7 Å². The van der Waals surface area contributed by atoms with Gasteiger partial charge < -0.3 is 26.8 Å². The van der Waals surface area contributed by atoms with Crippen molar-refractivity contribution in [3.8, 4) is 0 Å². The van der Waals surface area contributed by atoms with Gasteiger partial charge in [-0.15, -0.1) is 0 Å². The van der Waals surface area contributed by atoms with Crippen molar-refractivity contribution in [3.05, 3.63) is 0 Å². The first-order chi connectivity index (χ1) is 7.11. The summed E-state index contributed by atoms with van der Waals surface area (Å²) in [6.45, 7) is 4.44. The van der Waals surface area contributed by atoms with Gasteiger partial charge in [0, 0.05) is 33.9 Å². The van der Waals surface area contributed by atoms with Crippen LogP contribution < -0.4 is 11.5 Å². The standard InChI is InChI=1S/C2H8N2.3C2H4O2.4Na.4H/c3-1-2-4;3*1-2(3)4;;;;;;;;/h1-4H2;3*1H3,(H,3,4);;;;;;;;. The molecule has 0 aromatic carbocycles. The van der Waals surface area contributed by atoms with Gasteiger partial charge in [0.2, 0.25) is 0 Å². The normalized spacial score (nSPS) is 5.25. The Bertz CT molecular complexity index is 155. The molecule has 0 saturated heterocycles. The second-order valence-electron chi connectivity index (χ2n) is 2.13. The van der Waals surface area contributed by atoms with Crippen LogP contribution in [0.1, 0.15) is 20.8 Å². The Labute approximate surface area is 208 Å². The van der Waals surface area contributed by atoms with E-state index in [4.69, 9.17) is 41.2 Å². The molecule has 0 aliphatic heterocycles. The molecule has 0 aromatic rings. The van der Waals surface area contributed by atoms with E-state index in [9.17, 15) is 0 Å². The van der Waals surface area contributed by atoms with E-state index in [0.717, 1.165) is 20.8 Å². The van der Waals surface area contributed by atoms with Gasteiger partial charge in [-0.05, 0) is 0 Å². The number of carbonyl (C=O) groups is 3. The van der Waals surface area contributed by atoms with E-state index < -0.39 is 17.9 Å². The average Bonchev–Trinajstić information content (AvgIpc) is 2.00. The summed E-state index contributed by atoms with van der Waals surface area (Å²) in [6.07, 6.45) is 0. The van der Waals surface area contributed by atoms with Gasteiger partial charge >= 0.3 is 118 Å². The molecule has 0 rings (SSSR count). The van der Waals surface area contributed by atoms with Crippen molar-refractivity contribution >= 4 is 136 Å². The third-order valence-corrected chi connectivity index (χ3v) is 0.167. The molecule has 0 atom stereocenters. The zero-order valence-electron chi connectivity index (χ0n) is 9.64. The molecular weight excluding hydrogens is 312 g/mol.